The molecule has 2 rings (SSSR count). The van der Waals surface area contributed by atoms with Crippen LogP contribution < -0.4 is 20.3 Å². The maximum atomic E-state index is 13.5. The second-order valence-corrected chi connectivity index (χ2v) is 6.52. The number of benzene rings is 2. The second kappa shape index (κ2) is 10.4. The summed E-state index contributed by atoms with van der Waals surface area (Å²) < 4.78 is 23.9. The Bertz CT molecular complexity index is 801. The number of hydrazine groups is 1. The van der Waals surface area contributed by atoms with Gasteiger partial charge in [0.1, 0.15) is 5.82 Å². The molecule has 0 bridgehead atoms. The summed E-state index contributed by atoms with van der Waals surface area (Å²) >= 11 is 1.06. The molecule has 8 heteroatoms. The zero-order chi connectivity index (χ0) is 19.6. The lowest BCUT2D eigenvalue weighted by atomic mass is 10.1. The Morgan fingerprint density at radius 2 is 1.70 bits per heavy atom. The van der Waals surface area contributed by atoms with Crippen molar-refractivity contribution in [1.82, 2.24) is 10.9 Å². The van der Waals surface area contributed by atoms with Crippen molar-refractivity contribution in [2.24, 2.45) is 0 Å². The van der Waals surface area contributed by atoms with E-state index < -0.39 is 5.91 Å². The molecule has 2 aromatic carbocycles. The number of aryl methyl sites for hydroxylation is 1. The number of amides is 2. The van der Waals surface area contributed by atoms with Gasteiger partial charge in [0.2, 0.25) is 11.8 Å². The van der Waals surface area contributed by atoms with Crippen LogP contribution in [0, 0.1) is 5.82 Å². The van der Waals surface area contributed by atoms with Crippen molar-refractivity contribution in [1.29, 1.82) is 0 Å². The largest absolute Gasteiger partial charge is 0.493 e. The molecule has 2 aromatic rings. The van der Waals surface area contributed by atoms with Gasteiger partial charge in [-0.25, -0.2) is 4.39 Å². The molecule has 2 N–H and O–H groups in total. The number of nitrogens with one attached hydrogen (secondary N) is 2. The Morgan fingerprint density at radius 1 is 1.00 bits per heavy atom. The number of carbonyl (C=O) groups excluding carboxylic acids is 2. The first-order valence-electron chi connectivity index (χ1n) is 8.19. The number of hydrogen-bond donors (Lipinski definition) is 2. The Balaban J connectivity index is 1.73. The van der Waals surface area contributed by atoms with Crippen LogP contribution in [0.2, 0.25) is 0 Å². The van der Waals surface area contributed by atoms with Gasteiger partial charge in [0.25, 0.3) is 0 Å². The SMILES string of the molecule is COc1ccc(CCC(=O)NNC(=O)CSc2ccccc2F)cc1OC. The van der Waals surface area contributed by atoms with Gasteiger partial charge in [-0.3, -0.25) is 20.4 Å². The van der Waals surface area contributed by atoms with Crippen molar-refractivity contribution >= 4 is 23.6 Å². The van der Waals surface area contributed by atoms with Crippen molar-refractivity contribution in [2.75, 3.05) is 20.0 Å². The van der Waals surface area contributed by atoms with Crippen molar-refractivity contribution in [2.45, 2.75) is 17.7 Å². The molecular weight excluding hydrogens is 371 g/mol. The molecule has 0 radical (unpaired) electrons. The fourth-order valence-electron chi connectivity index (χ4n) is 2.24. The first kappa shape index (κ1) is 20.6. The molecule has 0 heterocycles. The normalized spacial score (nSPS) is 10.2. The van der Waals surface area contributed by atoms with Gasteiger partial charge in [-0.1, -0.05) is 18.2 Å². The monoisotopic (exact) mass is 392 g/mol. The van der Waals surface area contributed by atoms with E-state index >= 15 is 0 Å². The van der Waals surface area contributed by atoms with E-state index in [2.05, 4.69) is 10.9 Å². The van der Waals surface area contributed by atoms with E-state index in [9.17, 15) is 14.0 Å². The van der Waals surface area contributed by atoms with Gasteiger partial charge in [-0.15, -0.1) is 11.8 Å². The number of methoxy groups -OCH3 is 2. The fourth-order valence-corrected chi connectivity index (χ4v) is 2.98. The van der Waals surface area contributed by atoms with Crippen LogP contribution in [-0.2, 0) is 16.0 Å². The van der Waals surface area contributed by atoms with Crippen LogP contribution >= 0.6 is 11.8 Å². The molecule has 27 heavy (non-hydrogen) atoms. The average Bonchev–Trinajstić information content (AvgIpc) is 2.69. The van der Waals surface area contributed by atoms with Gasteiger partial charge in [0.15, 0.2) is 11.5 Å². The predicted octanol–water partition coefficient (Wildman–Crippen LogP) is 2.72. The molecule has 0 spiro atoms. The van der Waals surface area contributed by atoms with Crippen molar-refractivity contribution < 1.29 is 23.5 Å². The van der Waals surface area contributed by atoms with Gasteiger partial charge in [0.05, 0.1) is 20.0 Å². The van der Waals surface area contributed by atoms with Crippen LogP contribution in [-0.4, -0.2) is 31.8 Å². The molecule has 0 aliphatic rings. The van der Waals surface area contributed by atoms with Crippen LogP contribution in [0.25, 0.3) is 0 Å². The summed E-state index contributed by atoms with van der Waals surface area (Å²) in [6, 6.07) is 11.6. The van der Waals surface area contributed by atoms with E-state index in [-0.39, 0.29) is 23.9 Å². The smallest absolute Gasteiger partial charge is 0.248 e. The molecule has 0 aliphatic carbocycles. The third-order valence-corrected chi connectivity index (χ3v) is 4.67. The molecule has 0 saturated heterocycles. The maximum Gasteiger partial charge on any atom is 0.248 e. The molecule has 0 aromatic heterocycles. The molecule has 2 amide bonds. The molecule has 6 nitrogen and oxygen atoms in total. The van der Waals surface area contributed by atoms with Crippen molar-refractivity contribution in [3.8, 4) is 11.5 Å². The summed E-state index contributed by atoms with van der Waals surface area (Å²) in [7, 11) is 3.10. The van der Waals surface area contributed by atoms with Crippen molar-refractivity contribution in [3.05, 3.63) is 53.8 Å². The summed E-state index contributed by atoms with van der Waals surface area (Å²) in [5.41, 5.74) is 5.58. The minimum atomic E-state index is -0.414. The number of ether oxygens (including phenoxy) is 2. The molecule has 144 valence electrons. The van der Waals surface area contributed by atoms with Crippen LogP contribution in [0.1, 0.15) is 12.0 Å². The van der Waals surface area contributed by atoms with Crippen LogP contribution in [0.5, 0.6) is 11.5 Å². The zero-order valence-electron chi connectivity index (χ0n) is 15.1. The molecule has 0 aliphatic heterocycles. The number of rotatable bonds is 8. The highest BCUT2D eigenvalue weighted by Gasteiger charge is 2.09. The summed E-state index contributed by atoms with van der Waals surface area (Å²) in [4.78, 5) is 24.0. The third kappa shape index (κ3) is 6.49. The van der Waals surface area contributed by atoms with Gasteiger partial charge in [0, 0.05) is 11.3 Å². The molecule has 0 saturated carbocycles. The van der Waals surface area contributed by atoms with E-state index in [0.717, 1.165) is 17.3 Å². The van der Waals surface area contributed by atoms with Gasteiger partial charge < -0.3 is 9.47 Å². The molecular formula is C19H21FN2O4S. The lowest BCUT2D eigenvalue weighted by Gasteiger charge is -2.10. The summed E-state index contributed by atoms with van der Waals surface area (Å²) in [5.74, 6) is 0.0851. The summed E-state index contributed by atoms with van der Waals surface area (Å²) in [5, 5.41) is 0. The number of thioether (sulfide) groups is 1. The Kier molecular flexibility index (Phi) is 7.94. The number of carbonyl (C=O) groups is 2. The highest BCUT2D eigenvalue weighted by Crippen LogP contribution is 2.27. The number of halogens is 1. The zero-order valence-corrected chi connectivity index (χ0v) is 15.9. The standard InChI is InChI=1S/C19H21FN2O4S/c1-25-15-9-7-13(11-16(15)26-2)8-10-18(23)21-22-19(24)12-27-17-6-4-3-5-14(17)20/h3-7,9,11H,8,10,12H2,1-2H3,(H,21,23)(H,22,24). The molecule has 0 unspecified atom stereocenters. The minimum absolute atomic E-state index is 0.00308. The number of hydrogen-bond acceptors (Lipinski definition) is 5. The molecule has 0 atom stereocenters. The molecule has 0 fully saturated rings. The Hall–Kier alpha value is -2.74. The predicted molar refractivity (Wildman–Crippen MR) is 101 cm³/mol. The van der Waals surface area contributed by atoms with Crippen LogP contribution in [0.3, 0.4) is 0 Å². The third-order valence-electron chi connectivity index (χ3n) is 3.63. The first-order chi connectivity index (χ1) is 13.0. The second-order valence-electron chi connectivity index (χ2n) is 5.50. The highest BCUT2D eigenvalue weighted by molar-refractivity contribution is 8.00. The van der Waals surface area contributed by atoms with Gasteiger partial charge in [-0.2, -0.15) is 0 Å². The van der Waals surface area contributed by atoms with E-state index in [1.807, 2.05) is 6.07 Å². The van der Waals surface area contributed by atoms with E-state index in [4.69, 9.17) is 9.47 Å². The lowest BCUT2D eigenvalue weighted by Crippen LogP contribution is -2.42. The van der Waals surface area contributed by atoms with Crippen LogP contribution in [0.4, 0.5) is 4.39 Å². The van der Waals surface area contributed by atoms with Gasteiger partial charge >= 0.3 is 0 Å². The summed E-state index contributed by atoms with van der Waals surface area (Å²) in [6.07, 6.45) is 0.669. The van der Waals surface area contributed by atoms with E-state index in [1.54, 1.807) is 44.6 Å². The summed E-state index contributed by atoms with van der Waals surface area (Å²) in [6.45, 7) is 0. The first-order valence-corrected chi connectivity index (χ1v) is 9.18. The lowest BCUT2D eigenvalue weighted by molar-refractivity contribution is -0.127. The van der Waals surface area contributed by atoms with Crippen LogP contribution in [0.15, 0.2) is 47.4 Å². The Morgan fingerprint density at radius 3 is 2.41 bits per heavy atom. The maximum absolute atomic E-state index is 13.5. The minimum Gasteiger partial charge on any atom is -0.493 e. The highest BCUT2D eigenvalue weighted by atomic mass is 32.2. The van der Waals surface area contributed by atoms with Gasteiger partial charge in [-0.05, 0) is 36.2 Å². The van der Waals surface area contributed by atoms with Crippen molar-refractivity contribution in [3.63, 3.8) is 0 Å². The quantitative estimate of drug-likeness (QED) is 0.534. The Labute approximate surface area is 161 Å². The van der Waals surface area contributed by atoms with E-state index in [1.165, 1.54) is 6.07 Å². The topological polar surface area (TPSA) is 76.7 Å². The fraction of sp³-hybridized carbons (Fsp3) is 0.263. The van der Waals surface area contributed by atoms with E-state index in [0.29, 0.717) is 22.8 Å². The average molecular weight is 392 g/mol.